The fraction of sp³-hybridized carbons (Fsp3) is 0.143. The molecule has 4 heteroatoms. The third kappa shape index (κ3) is 2.98. The second-order valence-corrected chi connectivity index (χ2v) is 5.30. The molecular weight excluding hydrogens is 314 g/mol. The molecule has 0 aliphatic rings. The Bertz CT molecular complexity index is 551. The minimum Gasteiger partial charge on any atom is -0.489 e. The van der Waals surface area contributed by atoms with Crippen LogP contribution >= 0.6 is 27.5 Å². The van der Waals surface area contributed by atoms with Crippen LogP contribution in [0, 0.1) is 6.92 Å². The van der Waals surface area contributed by atoms with E-state index in [-0.39, 0.29) is 0 Å². The topological polar surface area (TPSA) is 35.2 Å². The summed E-state index contributed by atoms with van der Waals surface area (Å²) in [7, 11) is 0. The molecule has 0 bridgehead atoms. The highest BCUT2D eigenvalue weighted by molar-refractivity contribution is 9.10. The van der Waals surface area contributed by atoms with Crippen molar-refractivity contribution < 1.29 is 4.74 Å². The van der Waals surface area contributed by atoms with Crippen molar-refractivity contribution in [2.45, 2.75) is 13.5 Å². The van der Waals surface area contributed by atoms with E-state index in [1.807, 2.05) is 43.3 Å². The summed E-state index contributed by atoms with van der Waals surface area (Å²) in [5.74, 6) is 0.814. The van der Waals surface area contributed by atoms with E-state index in [2.05, 4.69) is 15.9 Å². The largest absolute Gasteiger partial charge is 0.489 e. The van der Waals surface area contributed by atoms with Gasteiger partial charge in [-0.2, -0.15) is 0 Å². The van der Waals surface area contributed by atoms with Crippen LogP contribution in [-0.4, -0.2) is 0 Å². The van der Waals surface area contributed by atoms with Crippen LogP contribution in [0.25, 0.3) is 0 Å². The highest BCUT2D eigenvalue weighted by atomic mass is 79.9. The number of benzene rings is 2. The van der Waals surface area contributed by atoms with Gasteiger partial charge >= 0.3 is 0 Å². The third-order valence-electron chi connectivity index (χ3n) is 2.66. The standard InChI is InChI=1S/C14H13BrClNO/c1-9-7-10(16)5-6-14(9)18-8-11-12(15)3-2-4-13(11)17/h2-7H,8,17H2,1H3. The Kier molecular flexibility index (Phi) is 4.15. The molecule has 0 spiro atoms. The maximum absolute atomic E-state index is 5.92. The first-order chi connectivity index (χ1) is 8.58. The number of anilines is 1. The molecule has 0 unspecified atom stereocenters. The normalized spacial score (nSPS) is 10.4. The molecule has 0 heterocycles. The lowest BCUT2D eigenvalue weighted by Crippen LogP contribution is -2.02. The van der Waals surface area contributed by atoms with Crippen molar-refractivity contribution in [3.8, 4) is 5.75 Å². The van der Waals surface area contributed by atoms with Gasteiger partial charge in [-0.1, -0.05) is 33.6 Å². The second-order valence-electron chi connectivity index (χ2n) is 4.01. The highest BCUT2D eigenvalue weighted by Crippen LogP contribution is 2.26. The molecule has 0 aromatic heterocycles. The summed E-state index contributed by atoms with van der Waals surface area (Å²) in [4.78, 5) is 0. The number of ether oxygens (including phenoxy) is 1. The molecule has 94 valence electrons. The number of nitrogen functional groups attached to an aromatic ring is 1. The summed E-state index contributed by atoms with van der Waals surface area (Å²) in [6.45, 7) is 2.39. The maximum atomic E-state index is 5.92. The first-order valence-electron chi connectivity index (χ1n) is 5.50. The third-order valence-corrected chi connectivity index (χ3v) is 3.64. The van der Waals surface area contributed by atoms with Gasteiger partial charge in [0, 0.05) is 20.7 Å². The van der Waals surface area contributed by atoms with Gasteiger partial charge in [0.2, 0.25) is 0 Å². The van der Waals surface area contributed by atoms with Crippen LogP contribution in [0.4, 0.5) is 5.69 Å². The van der Waals surface area contributed by atoms with Crippen molar-refractivity contribution in [3.05, 3.63) is 57.0 Å². The van der Waals surface area contributed by atoms with Gasteiger partial charge in [0.25, 0.3) is 0 Å². The minimum atomic E-state index is 0.426. The van der Waals surface area contributed by atoms with E-state index in [1.54, 1.807) is 0 Å². The Labute approximate surface area is 120 Å². The first-order valence-corrected chi connectivity index (χ1v) is 6.67. The number of nitrogens with two attached hydrogens (primary N) is 1. The first kappa shape index (κ1) is 13.2. The van der Waals surface area contributed by atoms with Gasteiger partial charge in [0.05, 0.1) is 0 Å². The van der Waals surface area contributed by atoms with E-state index in [1.165, 1.54) is 0 Å². The van der Waals surface area contributed by atoms with Gasteiger partial charge in [0.1, 0.15) is 12.4 Å². The van der Waals surface area contributed by atoms with Crippen LogP contribution < -0.4 is 10.5 Å². The monoisotopic (exact) mass is 325 g/mol. The number of aryl methyl sites for hydroxylation is 1. The number of rotatable bonds is 3. The predicted molar refractivity (Wildman–Crippen MR) is 79.1 cm³/mol. The maximum Gasteiger partial charge on any atom is 0.122 e. The van der Waals surface area contributed by atoms with E-state index < -0.39 is 0 Å². The number of hydrogen-bond acceptors (Lipinski definition) is 2. The van der Waals surface area contributed by atoms with Crippen molar-refractivity contribution in [1.82, 2.24) is 0 Å². The molecular formula is C14H13BrClNO. The molecule has 2 nitrogen and oxygen atoms in total. The van der Waals surface area contributed by atoms with Crippen LogP contribution in [-0.2, 0) is 6.61 Å². The molecule has 2 aromatic rings. The quantitative estimate of drug-likeness (QED) is 0.838. The SMILES string of the molecule is Cc1cc(Cl)ccc1OCc1c(N)cccc1Br. The zero-order valence-corrected chi connectivity index (χ0v) is 12.3. The fourth-order valence-electron chi connectivity index (χ4n) is 1.65. The molecule has 0 atom stereocenters. The molecule has 2 rings (SSSR count). The van der Waals surface area contributed by atoms with Gasteiger partial charge in [-0.05, 0) is 42.8 Å². The molecule has 2 N–H and O–H groups in total. The predicted octanol–water partition coefficient (Wildman–Crippen LogP) is 4.57. The van der Waals surface area contributed by atoms with Crippen LogP contribution in [0.2, 0.25) is 5.02 Å². The van der Waals surface area contributed by atoms with E-state index in [0.717, 1.165) is 27.0 Å². The Morgan fingerprint density at radius 3 is 2.72 bits per heavy atom. The van der Waals surface area contributed by atoms with Gasteiger partial charge in [-0.15, -0.1) is 0 Å². The molecule has 0 radical (unpaired) electrons. The molecule has 0 saturated carbocycles. The van der Waals surface area contributed by atoms with Crippen LogP contribution in [0.15, 0.2) is 40.9 Å². The van der Waals surface area contributed by atoms with Gasteiger partial charge in [0.15, 0.2) is 0 Å². The summed E-state index contributed by atoms with van der Waals surface area (Å²) < 4.78 is 6.72. The molecule has 18 heavy (non-hydrogen) atoms. The zero-order chi connectivity index (χ0) is 13.1. The van der Waals surface area contributed by atoms with E-state index in [0.29, 0.717) is 11.6 Å². The van der Waals surface area contributed by atoms with Crippen LogP contribution in [0.3, 0.4) is 0 Å². The summed E-state index contributed by atoms with van der Waals surface area (Å²) in [6.07, 6.45) is 0. The molecule has 0 amide bonds. The van der Waals surface area contributed by atoms with E-state index in [4.69, 9.17) is 22.1 Å². The number of halogens is 2. The van der Waals surface area contributed by atoms with Crippen molar-refractivity contribution >= 4 is 33.2 Å². The lowest BCUT2D eigenvalue weighted by atomic mass is 10.2. The molecule has 0 saturated heterocycles. The Morgan fingerprint density at radius 1 is 1.28 bits per heavy atom. The lowest BCUT2D eigenvalue weighted by molar-refractivity contribution is 0.304. The average molecular weight is 327 g/mol. The lowest BCUT2D eigenvalue weighted by Gasteiger charge is -2.12. The van der Waals surface area contributed by atoms with E-state index >= 15 is 0 Å². The van der Waals surface area contributed by atoms with Crippen molar-refractivity contribution in [1.29, 1.82) is 0 Å². The summed E-state index contributed by atoms with van der Waals surface area (Å²) in [5.41, 5.74) is 8.59. The van der Waals surface area contributed by atoms with E-state index in [9.17, 15) is 0 Å². The summed E-state index contributed by atoms with van der Waals surface area (Å²) in [5, 5.41) is 0.709. The smallest absolute Gasteiger partial charge is 0.122 e. The molecule has 2 aromatic carbocycles. The summed E-state index contributed by atoms with van der Waals surface area (Å²) in [6, 6.07) is 11.3. The Balaban J connectivity index is 2.16. The molecule has 0 fully saturated rings. The minimum absolute atomic E-state index is 0.426. The van der Waals surface area contributed by atoms with Crippen molar-refractivity contribution in [2.24, 2.45) is 0 Å². The van der Waals surface area contributed by atoms with Gasteiger partial charge < -0.3 is 10.5 Å². The molecule has 0 aliphatic carbocycles. The fourth-order valence-corrected chi connectivity index (χ4v) is 2.37. The highest BCUT2D eigenvalue weighted by Gasteiger charge is 2.06. The van der Waals surface area contributed by atoms with Crippen LogP contribution in [0.5, 0.6) is 5.75 Å². The Hall–Kier alpha value is -1.19. The van der Waals surface area contributed by atoms with Gasteiger partial charge in [-0.3, -0.25) is 0 Å². The Morgan fingerprint density at radius 2 is 2.06 bits per heavy atom. The van der Waals surface area contributed by atoms with Crippen LogP contribution in [0.1, 0.15) is 11.1 Å². The zero-order valence-electron chi connectivity index (χ0n) is 9.91. The average Bonchev–Trinajstić information content (AvgIpc) is 2.31. The van der Waals surface area contributed by atoms with Gasteiger partial charge in [-0.25, -0.2) is 0 Å². The number of hydrogen-bond donors (Lipinski definition) is 1. The second kappa shape index (κ2) is 5.63. The van der Waals surface area contributed by atoms with Crippen molar-refractivity contribution in [3.63, 3.8) is 0 Å². The molecule has 0 aliphatic heterocycles. The van der Waals surface area contributed by atoms with Crippen molar-refractivity contribution in [2.75, 3.05) is 5.73 Å². The summed E-state index contributed by atoms with van der Waals surface area (Å²) >= 11 is 9.37.